The number of nitro benzene ring substituents is 1. The van der Waals surface area contributed by atoms with E-state index in [1.807, 2.05) is 0 Å². The second-order valence-electron chi connectivity index (χ2n) is 4.44. The van der Waals surface area contributed by atoms with Crippen molar-refractivity contribution in [1.29, 1.82) is 0 Å². The number of esters is 1. The molecule has 110 valence electrons. The molecule has 0 N–H and O–H groups in total. The van der Waals surface area contributed by atoms with Crippen LogP contribution in [0, 0.1) is 10.1 Å². The zero-order valence-electron chi connectivity index (χ0n) is 12.1. The molecule has 0 aliphatic heterocycles. The number of ether oxygens (including phenoxy) is 1. The van der Waals surface area contributed by atoms with Crippen molar-refractivity contribution in [2.75, 3.05) is 25.1 Å². The molecule has 20 heavy (non-hydrogen) atoms. The third-order valence-electron chi connectivity index (χ3n) is 2.93. The summed E-state index contributed by atoms with van der Waals surface area (Å²) in [5.74, 6) is -0.688. The molecule has 1 aromatic rings. The molecule has 0 aliphatic carbocycles. The summed E-state index contributed by atoms with van der Waals surface area (Å²) in [6, 6.07) is 4.57. The molecule has 1 rings (SSSR count). The van der Waals surface area contributed by atoms with Crippen molar-refractivity contribution in [3.8, 4) is 0 Å². The number of carbonyl (C=O) groups is 1. The minimum absolute atomic E-state index is 0.00722. The van der Waals surface area contributed by atoms with Gasteiger partial charge < -0.3 is 9.64 Å². The van der Waals surface area contributed by atoms with Gasteiger partial charge in [0.25, 0.3) is 5.69 Å². The van der Waals surface area contributed by atoms with Gasteiger partial charge in [0.2, 0.25) is 0 Å². The minimum atomic E-state index is -0.688. The molecule has 0 amide bonds. The summed E-state index contributed by atoms with van der Waals surface area (Å²) in [5, 5.41) is 11.0. The average Bonchev–Trinajstić information content (AvgIpc) is 2.45. The van der Waals surface area contributed by atoms with Crippen molar-refractivity contribution in [2.24, 2.45) is 0 Å². The number of anilines is 1. The first-order valence-electron chi connectivity index (χ1n) is 6.66. The van der Waals surface area contributed by atoms with Crippen LogP contribution >= 0.6 is 0 Å². The van der Waals surface area contributed by atoms with E-state index >= 15 is 0 Å². The lowest BCUT2D eigenvalue weighted by Crippen LogP contribution is -2.25. The summed E-state index contributed by atoms with van der Waals surface area (Å²) in [5.41, 5.74) is 0.570. The normalized spacial score (nSPS) is 10.2. The Morgan fingerprint density at radius 3 is 2.35 bits per heavy atom. The van der Waals surface area contributed by atoms with E-state index in [0.29, 0.717) is 0 Å². The fourth-order valence-electron chi connectivity index (χ4n) is 2.06. The molecule has 0 fully saturated rings. The van der Waals surface area contributed by atoms with Crippen LogP contribution in [0.4, 0.5) is 11.4 Å². The zero-order valence-corrected chi connectivity index (χ0v) is 12.1. The summed E-state index contributed by atoms with van der Waals surface area (Å²) < 4.78 is 4.62. The third-order valence-corrected chi connectivity index (χ3v) is 2.93. The quantitative estimate of drug-likeness (QED) is 0.436. The van der Waals surface area contributed by atoms with Crippen LogP contribution in [0.5, 0.6) is 0 Å². The van der Waals surface area contributed by atoms with E-state index in [-0.39, 0.29) is 11.3 Å². The first kappa shape index (κ1) is 15.9. The molecule has 0 saturated carbocycles. The highest BCUT2D eigenvalue weighted by atomic mass is 16.6. The van der Waals surface area contributed by atoms with E-state index in [0.717, 1.165) is 31.6 Å². The molecule has 0 radical (unpaired) electrons. The van der Waals surface area contributed by atoms with Crippen LogP contribution in [-0.2, 0) is 4.74 Å². The van der Waals surface area contributed by atoms with Gasteiger partial charge in [-0.05, 0) is 25.0 Å². The van der Waals surface area contributed by atoms with Gasteiger partial charge in [-0.2, -0.15) is 0 Å². The van der Waals surface area contributed by atoms with E-state index < -0.39 is 10.9 Å². The summed E-state index contributed by atoms with van der Waals surface area (Å²) in [4.78, 5) is 24.2. The second kappa shape index (κ2) is 7.47. The topological polar surface area (TPSA) is 72.7 Å². The molecule has 0 aromatic heterocycles. The molecule has 6 nitrogen and oxygen atoms in total. The molecule has 6 heteroatoms. The largest absolute Gasteiger partial charge is 0.465 e. The van der Waals surface area contributed by atoms with Gasteiger partial charge in [0, 0.05) is 24.8 Å². The Hall–Kier alpha value is -2.11. The van der Waals surface area contributed by atoms with Crippen LogP contribution in [0.25, 0.3) is 0 Å². The zero-order chi connectivity index (χ0) is 15.1. The Balaban J connectivity index is 3.22. The smallest absolute Gasteiger partial charge is 0.344 e. The number of nitrogens with zero attached hydrogens (tertiary/aromatic N) is 2. The Morgan fingerprint density at radius 1 is 1.30 bits per heavy atom. The monoisotopic (exact) mass is 280 g/mol. The average molecular weight is 280 g/mol. The lowest BCUT2D eigenvalue weighted by molar-refractivity contribution is -0.385. The molecule has 1 aromatic carbocycles. The SMILES string of the molecule is CCCN(CCC)c1ccc([N+](=O)[O-])c(C(=O)OC)c1. The summed E-state index contributed by atoms with van der Waals surface area (Å²) in [6.07, 6.45) is 1.93. The maximum Gasteiger partial charge on any atom is 0.344 e. The van der Waals surface area contributed by atoms with Crippen LogP contribution < -0.4 is 4.90 Å². The lowest BCUT2D eigenvalue weighted by atomic mass is 10.1. The van der Waals surface area contributed by atoms with Crippen molar-refractivity contribution in [3.05, 3.63) is 33.9 Å². The van der Waals surface area contributed by atoms with E-state index in [1.165, 1.54) is 19.2 Å². The molecule has 0 heterocycles. The fourth-order valence-corrected chi connectivity index (χ4v) is 2.06. The number of hydrogen-bond donors (Lipinski definition) is 0. The van der Waals surface area contributed by atoms with Crippen molar-refractivity contribution < 1.29 is 14.5 Å². The lowest BCUT2D eigenvalue weighted by Gasteiger charge is -2.24. The van der Waals surface area contributed by atoms with E-state index in [1.54, 1.807) is 6.07 Å². The summed E-state index contributed by atoms with van der Waals surface area (Å²) >= 11 is 0. The van der Waals surface area contributed by atoms with Crippen molar-refractivity contribution in [2.45, 2.75) is 26.7 Å². The van der Waals surface area contributed by atoms with Gasteiger partial charge in [-0.15, -0.1) is 0 Å². The van der Waals surface area contributed by atoms with Gasteiger partial charge >= 0.3 is 5.97 Å². The first-order valence-corrected chi connectivity index (χ1v) is 6.66. The van der Waals surface area contributed by atoms with Crippen molar-refractivity contribution in [3.63, 3.8) is 0 Å². The Kier molecular flexibility index (Phi) is 5.96. The second-order valence-corrected chi connectivity index (χ2v) is 4.44. The van der Waals surface area contributed by atoms with E-state index in [4.69, 9.17) is 0 Å². The number of nitro groups is 1. The molecular formula is C14H20N2O4. The number of benzene rings is 1. The minimum Gasteiger partial charge on any atom is -0.465 e. The van der Waals surface area contributed by atoms with Crippen LogP contribution in [0.3, 0.4) is 0 Å². The van der Waals surface area contributed by atoms with Gasteiger partial charge in [0.05, 0.1) is 12.0 Å². The van der Waals surface area contributed by atoms with E-state index in [2.05, 4.69) is 23.5 Å². The fraction of sp³-hybridized carbons (Fsp3) is 0.500. The van der Waals surface area contributed by atoms with Gasteiger partial charge in [-0.25, -0.2) is 4.79 Å². The number of rotatable bonds is 7. The molecule has 0 bridgehead atoms. The molecule has 0 atom stereocenters. The van der Waals surface area contributed by atoms with Gasteiger partial charge in [0.1, 0.15) is 5.56 Å². The van der Waals surface area contributed by atoms with Gasteiger partial charge in [0.15, 0.2) is 0 Å². The van der Waals surface area contributed by atoms with Crippen molar-refractivity contribution >= 4 is 17.3 Å². The molecule has 0 aliphatic rings. The predicted molar refractivity (Wildman–Crippen MR) is 77.2 cm³/mol. The number of carbonyl (C=O) groups excluding carboxylic acids is 1. The molecule has 0 saturated heterocycles. The Labute approximate surface area is 118 Å². The van der Waals surface area contributed by atoms with Crippen LogP contribution in [0.1, 0.15) is 37.0 Å². The first-order chi connectivity index (χ1) is 9.54. The highest BCUT2D eigenvalue weighted by molar-refractivity contribution is 5.95. The molecular weight excluding hydrogens is 260 g/mol. The van der Waals surface area contributed by atoms with Crippen LogP contribution in [0.2, 0.25) is 0 Å². The van der Waals surface area contributed by atoms with Gasteiger partial charge in [-0.1, -0.05) is 13.8 Å². The summed E-state index contributed by atoms with van der Waals surface area (Å²) in [6.45, 7) is 5.81. The van der Waals surface area contributed by atoms with Crippen molar-refractivity contribution in [1.82, 2.24) is 0 Å². The highest BCUT2D eigenvalue weighted by Crippen LogP contribution is 2.26. The highest BCUT2D eigenvalue weighted by Gasteiger charge is 2.22. The van der Waals surface area contributed by atoms with E-state index in [9.17, 15) is 14.9 Å². The Bertz CT molecular complexity index is 482. The number of hydrogen-bond acceptors (Lipinski definition) is 5. The molecule has 0 unspecified atom stereocenters. The summed E-state index contributed by atoms with van der Waals surface area (Å²) in [7, 11) is 1.22. The number of methoxy groups -OCH3 is 1. The standard InChI is InChI=1S/C14H20N2O4/c1-4-8-15(9-5-2)11-6-7-13(16(18)19)12(10-11)14(17)20-3/h6-7,10H,4-5,8-9H2,1-3H3. The third kappa shape index (κ3) is 3.69. The predicted octanol–water partition coefficient (Wildman–Crippen LogP) is 3.01. The van der Waals surface area contributed by atoms with Crippen LogP contribution in [0.15, 0.2) is 18.2 Å². The van der Waals surface area contributed by atoms with Gasteiger partial charge in [-0.3, -0.25) is 10.1 Å². The molecule has 0 spiro atoms. The van der Waals surface area contributed by atoms with Crippen LogP contribution in [-0.4, -0.2) is 31.1 Å². The maximum absolute atomic E-state index is 11.7. The Morgan fingerprint density at radius 2 is 1.90 bits per heavy atom. The maximum atomic E-state index is 11.7.